The Morgan fingerprint density at radius 3 is 2.61 bits per heavy atom. The third-order valence-corrected chi connectivity index (χ3v) is 8.54. The van der Waals surface area contributed by atoms with Gasteiger partial charge in [-0.05, 0) is 61.0 Å². The van der Waals surface area contributed by atoms with E-state index >= 15 is 0 Å². The van der Waals surface area contributed by atoms with Crippen LogP contribution in [0.25, 0.3) is 0 Å². The van der Waals surface area contributed by atoms with Gasteiger partial charge in [0, 0.05) is 17.3 Å². The summed E-state index contributed by atoms with van der Waals surface area (Å²) in [6, 6.07) is 0. The Balaban J connectivity index is 0.00000132. The normalized spacial score (nSPS) is 42.9. The van der Waals surface area contributed by atoms with E-state index in [0.29, 0.717) is 18.3 Å². The second-order valence-electron chi connectivity index (χ2n) is 10.1. The highest BCUT2D eigenvalue weighted by atomic mass is 16.5. The van der Waals surface area contributed by atoms with Gasteiger partial charge in [0.1, 0.15) is 0 Å². The van der Waals surface area contributed by atoms with Crippen LogP contribution in [0.15, 0.2) is 23.8 Å². The van der Waals surface area contributed by atoms with E-state index in [-0.39, 0.29) is 46.8 Å². The molecule has 0 aromatic heterocycles. The molecule has 0 bridgehead atoms. The fourth-order valence-electron chi connectivity index (χ4n) is 7.61. The van der Waals surface area contributed by atoms with Gasteiger partial charge in [-0.1, -0.05) is 46.3 Å². The molecule has 6 nitrogen and oxygen atoms in total. The van der Waals surface area contributed by atoms with E-state index in [0.717, 1.165) is 24.8 Å². The minimum atomic E-state index is -0.937. The minimum Gasteiger partial charge on any atom is -0.442 e. The first-order valence-corrected chi connectivity index (χ1v) is 11.6. The van der Waals surface area contributed by atoms with Crippen molar-refractivity contribution in [2.24, 2.45) is 46.2 Å². The highest BCUT2D eigenvalue weighted by molar-refractivity contribution is 6.01. The van der Waals surface area contributed by atoms with Gasteiger partial charge in [0.05, 0.1) is 6.10 Å². The van der Waals surface area contributed by atoms with Crippen molar-refractivity contribution in [3.63, 3.8) is 0 Å². The molecule has 0 heterocycles. The van der Waals surface area contributed by atoms with Crippen LogP contribution in [0.2, 0.25) is 0 Å². The number of aliphatic hydroxyl groups excluding tert-OH is 1. The quantitative estimate of drug-likeness (QED) is 0.706. The summed E-state index contributed by atoms with van der Waals surface area (Å²) in [4.78, 5) is 35.8. The van der Waals surface area contributed by atoms with Gasteiger partial charge in [0.15, 0.2) is 18.2 Å². The third kappa shape index (κ3) is 3.77. The Bertz CT molecular complexity index is 817. The molecule has 4 rings (SSSR count). The van der Waals surface area contributed by atoms with Crippen molar-refractivity contribution in [3.05, 3.63) is 23.8 Å². The SMILES string of the molecule is CC.C[C@@H]1CC2C3CCC4=CC(=O)C=CC4(C)C3C(O)CC2(C)C1C(=O)COC(N)=O. The molecule has 3 saturated carbocycles. The number of amides is 1. The lowest BCUT2D eigenvalue weighted by Crippen LogP contribution is -2.56. The van der Waals surface area contributed by atoms with Crippen LogP contribution in [0.3, 0.4) is 0 Å². The molecule has 3 fully saturated rings. The number of hydrogen-bond donors (Lipinski definition) is 2. The van der Waals surface area contributed by atoms with Gasteiger partial charge in [-0.2, -0.15) is 0 Å². The Morgan fingerprint density at radius 1 is 1.29 bits per heavy atom. The maximum absolute atomic E-state index is 12.9. The average Bonchev–Trinajstić information content (AvgIpc) is 2.97. The number of nitrogens with two attached hydrogens (primary N) is 1. The highest BCUT2D eigenvalue weighted by Crippen LogP contribution is 2.67. The topological polar surface area (TPSA) is 107 Å². The van der Waals surface area contributed by atoms with Crippen LogP contribution >= 0.6 is 0 Å². The summed E-state index contributed by atoms with van der Waals surface area (Å²) < 4.78 is 4.80. The summed E-state index contributed by atoms with van der Waals surface area (Å²) >= 11 is 0. The van der Waals surface area contributed by atoms with Gasteiger partial charge < -0.3 is 15.6 Å². The van der Waals surface area contributed by atoms with Crippen molar-refractivity contribution >= 4 is 17.7 Å². The minimum absolute atomic E-state index is 0.0284. The van der Waals surface area contributed by atoms with Crippen LogP contribution in [0.1, 0.15) is 60.3 Å². The van der Waals surface area contributed by atoms with Crippen LogP contribution in [-0.2, 0) is 14.3 Å². The first-order valence-electron chi connectivity index (χ1n) is 11.6. The molecule has 0 saturated heterocycles. The Kier molecular flexibility index (Phi) is 6.52. The van der Waals surface area contributed by atoms with Gasteiger partial charge in [0.2, 0.25) is 0 Å². The van der Waals surface area contributed by atoms with Crippen molar-refractivity contribution in [2.75, 3.05) is 6.61 Å². The number of carbonyl (C=O) groups excluding carboxylic acids is 3. The van der Waals surface area contributed by atoms with E-state index in [9.17, 15) is 19.5 Å². The first kappa shape index (κ1) is 23.7. The lowest BCUT2D eigenvalue weighted by molar-refractivity contribution is -0.142. The van der Waals surface area contributed by atoms with E-state index in [1.165, 1.54) is 0 Å². The van der Waals surface area contributed by atoms with E-state index < -0.39 is 12.2 Å². The Hall–Kier alpha value is -1.95. The molecule has 0 aromatic carbocycles. The number of carbonyl (C=O) groups is 3. The molecule has 0 spiro atoms. The fourth-order valence-corrected chi connectivity index (χ4v) is 7.61. The van der Waals surface area contributed by atoms with Crippen molar-refractivity contribution in [1.82, 2.24) is 0 Å². The predicted molar refractivity (Wildman–Crippen MR) is 118 cm³/mol. The zero-order valence-corrected chi connectivity index (χ0v) is 19.4. The highest BCUT2D eigenvalue weighted by Gasteiger charge is 2.64. The second-order valence-corrected chi connectivity index (χ2v) is 10.1. The molecule has 3 N–H and O–H groups in total. The predicted octanol–water partition coefficient (Wildman–Crippen LogP) is 3.82. The van der Waals surface area contributed by atoms with E-state index in [1.54, 1.807) is 12.2 Å². The molecule has 4 aliphatic rings. The van der Waals surface area contributed by atoms with E-state index in [1.807, 2.05) is 19.9 Å². The summed E-state index contributed by atoms with van der Waals surface area (Å²) in [7, 11) is 0. The van der Waals surface area contributed by atoms with Gasteiger partial charge in [-0.15, -0.1) is 0 Å². The third-order valence-electron chi connectivity index (χ3n) is 8.54. The molecule has 8 atom stereocenters. The number of Topliss-reactive ketones (excluding diaryl/α,β-unsaturated/α-hetero) is 1. The smallest absolute Gasteiger partial charge is 0.404 e. The molecule has 0 aliphatic heterocycles. The molecule has 7 unspecified atom stereocenters. The van der Waals surface area contributed by atoms with Crippen LogP contribution in [0.4, 0.5) is 4.79 Å². The van der Waals surface area contributed by atoms with Crippen molar-refractivity contribution in [1.29, 1.82) is 0 Å². The van der Waals surface area contributed by atoms with Gasteiger partial charge in [-0.25, -0.2) is 4.79 Å². The van der Waals surface area contributed by atoms with Crippen LogP contribution < -0.4 is 5.73 Å². The number of ketones is 2. The van der Waals surface area contributed by atoms with Crippen LogP contribution in [0.5, 0.6) is 0 Å². The average molecular weight is 432 g/mol. The summed E-state index contributed by atoms with van der Waals surface area (Å²) in [5.41, 5.74) is 5.54. The molecule has 1 amide bonds. The summed E-state index contributed by atoms with van der Waals surface area (Å²) in [5, 5.41) is 11.3. The number of ether oxygens (including phenoxy) is 1. The van der Waals surface area contributed by atoms with E-state index in [4.69, 9.17) is 10.5 Å². The molecule has 31 heavy (non-hydrogen) atoms. The van der Waals surface area contributed by atoms with Crippen LogP contribution in [0, 0.1) is 40.4 Å². The van der Waals surface area contributed by atoms with Crippen molar-refractivity contribution in [2.45, 2.75) is 66.4 Å². The number of rotatable bonds is 3. The molecule has 4 aliphatic carbocycles. The lowest BCUT2D eigenvalue weighted by atomic mass is 9.46. The maximum Gasteiger partial charge on any atom is 0.404 e. The maximum atomic E-state index is 12.9. The number of hydrogen-bond acceptors (Lipinski definition) is 5. The van der Waals surface area contributed by atoms with Crippen molar-refractivity contribution < 1.29 is 24.2 Å². The molecule has 0 radical (unpaired) electrons. The largest absolute Gasteiger partial charge is 0.442 e. The molecule has 172 valence electrons. The molecule has 0 aromatic rings. The van der Waals surface area contributed by atoms with Gasteiger partial charge >= 0.3 is 6.09 Å². The summed E-state index contributed by atoms with van der Waals surface area (Å²) in [5.74, 6) is 0.494. The summed E-state index contributed by atoms with van der Waals surface area (Å²) in [6.45, 7) is 10.1. The Morgan fingerprint density at radius 2 is 1.97 bits per heavy atom. The number of aliphatic hydroxyl groups is 1. The molecule has 6 heteroatoms. The number of primary amides is 1. The summed E-state index contributed by atoms with van der Waals surface area (Å²) in [6.07, 6.45) is 7.14. The number of fused-ring (bicyclic) bond motifs is 5. The first-order chi connectivity index (χ1) is 14.6. The Labute approximate surface area is 185 Å². The molecular formula is C25H37NO5. The molecular weight excluding hydrogens is 394 g/mol. The van der Waals surface area contributed by atoms with Crippen LogP contribution in [-0.4, -0.2) is 35.5 Å². The zero-order chi connectivity index (χ0) is 23.1. The number of allylic oxidation sites excluding steroid dienone is 4. The van der Waals surface area contributed by atoms with Gasteiger partial charge in [-0.3, -0.25) is 9.59 Å². The van der Waals surface area contributed by atoms with Gasteiger partial charge in [0.25, 0.3) is 0 Å². The standard InChI is InChI=1S/C23H31NO5.C2H6/c1-12-8-16-15-5-4-13-9-14(25)6-7-22(13,2)20(15)17(26)10-23(16,3)19(12)18(27)11-29-21(24)28;1-2/h6-7,9,12,15-17,19-20,26H,4-5,8,10-11H2,1-3H3,(H2,24,28);1-2H3/t12-,15?,16?,17?,19?,20?,22?,23?;/m1./s1. The van der Waals surface area contributed by atoms with E-state index in [2.05, 4.69) is 20.8 Å². The van der Waals surface area contributed by atoms with Crippen molar-refractivity contribution in [3.8, 4) is 0 Å². The fraction of sp³-hybridized carbons (Fsp3) is 0.720. The zero-order valence-electron chi connectivity index (χ0n) is 19.4. The monoisotopic (exact) mass is 431 g/mol. The lowest BCUT2D eigenvalue weighted by Gasteiger charge is -2.58. The second kappa shape index (κ2) is 8.53.